The highest BCUT2D eigenvalue weighted by Gasteiger charge is 2.19. The second-order valence-electron chi connectivity index (χ2n) is 6.57. The van der Waals surface area contributed by atoms with Crippen LogP contribution < -0.4 is 9.47 Å². The molecule has 0 saturated heterocycles. The van der Waals surface area contributed by atoms with Crippen molar-refractivity contribution in [3.05, 3.63) is 72.4 Å². The van der Waals surface area contributed by atoms with E-state index in [4.69, 9.17) is 19.7 Å². The lowest BCUT2D eigenvalue weighted by Gasteiger charge is -2.18. The Hall–Kier alpha value is -4.11. The fourth-order valence-corrected chi connectivity index (χ4v) is 3.31. The van der Waals surface area contributed by atoms with Crippen LogP contribution in [-0.4, -0.2) is 28.2 Å². The Bertz CT molecular complexity index is 1210. The number of fused-ring (bicyclic) bond motifs is 1. The van der Waals surface area contributed by atoms with Crippen molar-refractivity contribution in [2.75, 3.05) is 13.2 Å². The number of pyridine rings is 1. The first-order valence-corrected chi connectivity index (χ1v) is 9.24. The Morgan fingerprint density at radius 2 is 1.69 bits per heavy atom. The normalized spacial score (nSPS) is 12.4. The minimum Gasteiger partial charge on any atom is -0.486 e. The zero-order valence-corrected chi connectivity index (χ0v) is 15.4. The van der Waals surface area contributed by atoms with E-state index in [1.807, 2.05) is 48.5 Å². The van der Waals surface area contributed by atoms with Gasteiger partial charge in [-0.15, -0.1) is 0 Å². The highest BCUT2D eigenvalue weighted by Crippen LogP contribution is 2.38. The quantitative estimate of drug-likeness (QED) is 0.568. The molecule has 2 aromatic carbocycles. The third-order valence-corrected chi connectivity index (χ3v) is 4.73. The molecule has 1 N–H and O–H groups in total. The van der Waals surface area contributed by atoms with Crippen LogP contribution in [0, 0.1) is 11.3 Å². The van der Waals surface area contributed by atoms with Crippen molar-refractivity contribution in [3.8, 4) is 51.6 Å². The summed E-state index contributed by atoms with van der Waals surface area (Å²) in [5.74, 6) is 2.16. The zero-order valence-electron chi connectivity index (χ0n) is 15.4. The number of nitriles is 1. The molecule has 0 bridgehead atoms. The summed E-state index contributed by atoms with van der Waals surface area (Å²) in [5.41, 5.74) is 4.81. The summed E-state index contributed by atoms with van der Waals surface area (Å²) in [6.07, 6.45) is 1.76. The maximum Gasteiger partial charge on any atom is 0.162 e. The van der Waals surface area contributed by atoms with Gasteiger partial charge >= 0.3 is 0 Å². The smallest absolute Gasteiger partial charge is 0.162 e. The molecule has 0 saturated carbocycles. The van der Waals surface area contributed by atoms with E-state index in [1.165, 1.54) is 0 Å². The Labute approximate surface area is 167 Å². The van der Waals surface area contributed by atoms with Gasteiger partial charge in [0.1, 0.15) is 19.0 Å². The van der Waals surface area contributed by atoms with Crippen LogP contribution in [0.2, 0.25) is 0 Å². The molecule has 0 unspecified atom stereocenters. The topological polar surface area (TPSA) is 83.8 Å². The van der Waals surface area contributed by atoms with Crippen LogP contribution in [0.15, 0.2) is 66.9 Å². The second kappa shape index (κ2) is 7.13. The van der Waals surface area contributed by atoms with Crippen LogP contribution in [0.3, 0.4) is 0 Å². The molecular weight excluding hydrogens is 364 g/mol. The molecule has 0 spiro atoms. The van der Waals surface area contributed by atoms with Gasteiger partial charge in [0.15, 0.2) is 11.5 Å². The number of aromatic nitrogens is 3. The lowest BCUT2D eigenvalue weighted by Crippen LogP contribution is -2.15. The van der Waals surface area contributed by atoms with Gasteiger partial charge in [-0.1, -0.05) is 6.07 Å². The van der Waals surface area contributed by atoms with Crippen molar-refractivity contribution < 1.29 is 9.47 Å². The third kappa shape index (κ3) is 3.19. The van der Waals surface area contributed by atoms with Crippen LogP contribution in [0.1, 0.15) is 5.56 Å². The number of imidazole rings is 1. The van der Waals surface area contributed by atoms with E-state index in [-0.39, 0.29) is 0 Å². The predicted molar refractivity (Wildman–Crippen MR) is 108 cm³/mol. The lowest BCUT2D eigenvalue weighted by molar-refractivity contribution is 0.171. The first-order valence-electron chi connectivity index (χ1n) is 9.24. The molecule has 0 atom stereocenters. The largest absolute Gasteiger partial charge is 0.486 e. The van der Waals surface area contributed by atoms with Crippen molar-refractivity contribution in [1.82, 2.24) is 15.0 Å². The summed E-state index contributed by atoms with van der Waals surface area (Å²) in [7, 11) is 0. The van der Waals surface area contributed by atoms with E-state index in [2.05, 4.69) is 16.0 Å². The fourth-order valence-electron chi connectivity index (χ4n) is 3.31. The van der Waals surface area contributed by atoms with Gasteiger partial charge in [-0.2, -0.15) is 5.26 Å². The molecule has 0 radical (unpaired) electrons. The minimum absolute atomic E-state index is 0.528. The van der Waals surface area contributed by atoms with Gasteiger partial charge in [-0.05, 0) is 54.6 Å². The van der Waals surface area contributed by atoms with Crippen molar-refractivity contribution in [1.29, 1.82) is 5.26 Å². The number of benzene rings is 2. The average molecular weight is 380 g/mol. The molecule has 1 aliphatic heterocycles. The van der Waals surface area contributed by atoms with Gasteiger partial charge < -0.3 is 14.5 Å². The highest BCUT2D eigenvalue weighted by atomic mass is 16.6. The average Bonchev–Trinajstić information content (AvgIpc) is 3.25. The molecule has 2 aromatic heterocycles. The molecule has 5 rings (SSSR count). The van der Waals surface area contributed by atoms with Crippen LogP contribution >= 0.6 is 0 Å². The Morgan fingerprint density at radius 1 is 0.897 bits per heavy atom. The van der Waals surface area contributed by atoms with E-state index >= 15 is 0 Å². The summed E-state index contributed by atoms with van der Waals surface area (Å²) in [5, 5.41) is 9.04. The van der Waals surface area contributed by atoms with Crippen molar-refractivity contribution in [2.45, 2.75) is 0 Å². The van der Waals surface area contributed by atoms with Gasteiger partial charge in [0.2, 0.25) is 0 Å². The Balaban J connectivity index is 1.65. The maximum absolute atomic E-state index is 9.04. The summed E-state index contributed by atoms with van der Waals surface area (Å²) in [6.45, 7) is 1.08. The SMILES string of the molecule is N#Cc1ccc(-c2nc(-c3ccc4c(c3)OCCO4)c(-c3ccccn3)[nH]2)cc1. The second-order valence-corrected chi connectivity index (χ2v) is 6.57. The number of rotatable bonds is 3. The van der Waals surface area contributed by atoms with Crippen molar-refractivity contribution in [2.24, 2.45) is 0 Å². The number of H-pyrrole nitrogens is 1. The summed E-state index contributed by atoms with van der Waals surface area (Å²) in [4.78, 5) is 12.7. The van der Waals surface area contributed by atoms with E-state index in [9.17, 15) is 0 Å². The molecule has 6 nitrogen and oxygen atoms in total. The van der Waals surface area contributed by atoms with Crippen LogP contribution in [0.25, 0.3) is 34.0 Å². The first kappa shape index (κ1) is 17.0. The maximum atomic E-state index is 9.04. The van der Waals surface area contributed by atoms with E-state index < -0.39 is 0 Å². The van der Waals surface area contributed by atoms with Crippen molar-refractivity contribution >= 4 is 0 Å². The van der Waals surface area contributed by atoms with E-state index in [0.29, 0.717) is 30.4 Å². The standard InChI is InChI=1S/C23H16N4O2/c24-14-15-4-6-16(7-5-15)23-26-21(22(27-23)18-3-1-2-10-25-18)17-8-9-19-20(13-17)29-12-11-28-19/h1-10,13H,11-12H2,(H,26,27). The third-order valence-electron chi connectivity index (χ3n) is 4.73. The summed E-state index contributed by atoms with van der Waals surface area (Å²) < 4.78 is 11.4. The monoisotopic (exact) mass is 380 g/mol. The summed E-state index contributed by atoms with van der Waals surface area (Å²) >= 11 is 0. The zero-order chi connectivity index (χ0) is 19.6. The number of nitrogens with one attached hydrogen (secondary N) is 1. The van der Waals surface area contributed by atoms with E-state index in [1.54, 1.807) is 18.3 Å². The predicted octanol–water partition coefficient (Wildman–Crippen LogP) is 4.45. The van der Waals surface area contributed by atoms with Gasteiger partial charge in [-0.25, -0.2) is 4.98 Å². The molecule has 0 aliphatic carbocycles. The molecule has 0 amide bonds. The number of hydrogen-bond donors (Lipinski definition) is 1. The molecule has 29 heavy (non-hydrogen) atoms. The van der Waals surface area contributed by atoms with Crippen molar-refractivity contribution in [3.63, 3.8) is 0 Å². The Morgan fingerprint density at radius 3 is 2.45 bits per heavy atom. The molecule has 6 heteroatoms. The number of hydrogen-bond acceptors (Lipinski definition) is 5. The molecule has 0 fully saturated rings. The van der Waals surface area contributed by atoms with Gasteiger partial charge in [-0.3, -0.25) is 4.98 Å². The molecular formula is C23H16N4O2. The molecule has 140 valence electrons. The van der Waals surface area contributed by atoms with Gasteiger partial charge in [0.05, 0.1) is 28.7 Å². The highest BCUT2D eigenvalue weighted by molar-refractivity contribution is 5.80. The number of ether oxygens (including phenoxy) is 2. The Kier molecular flexibility index (Phi) is 4.19. The summed E-state index contributed by atoms with van der Waals surface area (Å²) in [6, 6.07) is 21.0. The van der Waals surface area contributed by atoms with Crippen LogP contribution in [0.4, 0.5) is 0 Å². The first-order chi connectivity index (χ1) is 14.3. The number of nitrogens with zero attached hydrogens (tertiary/aromatic N) is 3. The molecule has 4 aromatic rings. The van der Waals surface area contributed by atoms with Crippen LogP contribution in [0.5, 0.6) is 11.5 Å². The fraction of sp³-hybridized carbons (Fsp3) is 0.0870. The van der Waals surface area contributed by atoms with Gasteiger partial charge in [0.25, 0.3) is 0 Å². The molecule has 1 aliphatic rings. The minimum atomic E-state index is 0.528. The lowest BCUT2D eigenvalue weighted by atomic mass is 10.1. The van der Waals surface area contributed by atoms with Crippen LogP contribution in [-0.2, 0) is 0 Å². The molecule has 3 heterocycles. The van der Waals surface area contributed by atoms with E-state index in [0.717, 1.165) is 34.0 Å². The number of aromatic amines is 1. The van der Waals surface area contributed by atoms with Gasteiger partial charge in [0, 0.05) is 17.3 Å².